The molecule has 4 N–H and O–H groups in total. The lowest BCUT2D eigenvalue weighted by Gasteiger charge is -2.41. The Hall–Kier alpha value is -1.10. The zero-order valence-electron chi connectivity index (χ0n) is 9.82. The molecule has 0 heterocycles. The Morgan fingerprint density at radius 3 is 2.56 bits per heavy atom. The zero-order valence-corrected chi connectivity index (χ0v) is 9.82. The first-order valence-corrected chi connectivity index (χ1v) is 5.70. The molecular formula is C11H20N2O3. The molecule has 0 bridgehead atoms. The Morgan fingerprint density at radius 2 is 2.12 bits per heavy atom. The number of rotatable bonds is 4. The first kappa shape index (κ1) is 13.0. The summed E-state index contributed by atoms with van der Waals surface area (Å²) in [5.74, 6) is -1.38. The highest BCUT2D eigenvalue weighted by Crippen LogP contribution is 2.34. The average molecular weight is 228 g/mol. The topological polar surface area (TPSA) is 92.4 Å². The first-order chi connectivity index (χ1) is 7.40. The van der Waals surface area contributed by atoms with Crippen LogP contribution in [0.15, 0.2) is 0 Å². The average Bonchev–Trinajstić information content (AvgIpc) is 2.20. The molecule has 0 spiro atoms. The van der Waals surface area contributed by atoms with Crippen molar-refractivity contribution in [1.29, 1.82) is 0 Å². The van der Waals surface area contributed by atoms with Gasteiger partial charge in [-0.2, -0.15) is 0 Å². The van der Waals surface area contributed by atoms with Crippen molar-refractivity contribution in [2.75, 3.05) is 0 Å². The van der Waals surface area contributed by atoms with Gasteiger partial charge in [0.05, 0.1) is 6.04 Å². The normalized spacial score (nSPS) is 32.0. The number of hydrogen-bond acceptors (Lipinski definition) is 3. The Kier molecular flexibility index (Phi) is 3.91. The van der Waals surface area contributed by atoms with Crippen LogP contribution in [0.4, 0.5) is 0 Å². The second kappa shape index (κ2) is 4.82. The van der Waals surface area contributed by atoms with Gasteiger partial charge >= 0.3 is 5.97 Å². The van der Waals surface area contributed by atoms with E-state index in [-0.39, 0.29) is 5.92 Å². The number of carbonyl (C=O) groups is 2. The van der Waals surface area contributed by atoms with Gasteiger partial charge in [0.2, 0.25) is 5.91 Å². The van der Waals surface area contributed by atoms with Crippen molar-refractivity contribution in [1.82, 2.24) is 5.32 Å². The van der Waals surface area contributed by atoms with E-state index in [0.29, 0.717) is 6.42 Å². The van der Waals surface area contributed by atoms with Gasteiger partial charge in [0, 0.05) is 0 Å². The smallest absolute Gasteiger partial charge is 0.324 e. The highest BCUT2D eigenvalue weighted by atomic mass is 16.4. The predicted molar refractivity (Wildman–Crippen MR) is 59.8 cm³/mol. The monoisotopic (exact) mass is 228 g/mol. The highest BCUT2D eigenvalue weighted by Gasteiger charge is 2.46. The van der Waals surface area contributed by atoms with Crippen LogP contribution in [0.2, 0.25) is 0 Å². The van der Waals surface area contributed by atoms with Crippen molar-refractivity contribution < 1.29 is 14.7 Å². The lowest BCUT2D eigenvalue weighted by Crippen LogP contribution is -2.62. The summed E-state index contributed by atoms with van der Waals surface area (Å²) in [7, 11) is 0. The summed E-state index contributed by atoms with van der Waals surface area (Å²) in [5, 5.41) is 12.3. The molecule has 0 aliphatic heterocycles. The van der Waals surface area contributed by atoms with Crippen LogP contribution in [-0.2, 0) is 9.59 Å². The molecule has 1 amide bonds. The van der Waals surface area contributed by atoms with Gasteiger partial charge in [0.15, 0.2) is 0 Å². The minimum absolute atomic E-state index is 0.0144. The molecule has 3 unspecified atom stereocenters. The second-order valence-electron chi connectivity index (χ2n) is 4.69. The zero-order chi connectivity index (χ0) is 12.3. The van der Waals surface area contributed by atoms with Crippen LogP contribution in [0.5, 0.6) is 0 Å². The molecule has 1 fully saturated rings. The van der Waals surface area contributed by atoms with Gasteiger partial charge in [0.1, 0.15) is 5.54 Å². The van der Waals surface area contributed by atoms with Crippen LogP contribution in [0.3, 0.4) is 0 Å². The molecule has 16 heavy (non-hydrogen) atoms. The Balaban J connectivity index is 2.87. The van der Waals surface area contributed by atoms with Gasteiger partial charge in [-0.25, -0.2) is 0 Å². The fourth-order valence-electron chi connectivity index (χ4n) is 2.40. The number of aliphatic carboxylic acids is 1. The quantitative estimate of drug-likeness (QED) is 0.652. The molecule has 3 atom stereocenters. The summed E-state index contributed by atoms with van der Waals surface area (Å²) in [4.78, 5) is 22.4. The molecule has 1 aliphatic rings. The SMILES string of the molecule is CC(NC1(C(=O)O)CCCCC1C)C(N)=O. The number of amides is 1. The Labute approximate surface area is 95.4 Å². The van der Waals surface area contributed by atoms with Gasteiger partial charge < -0.3 is 10.8 Å². The van der Waals surface area contributed by atoms with Crippen molar-refractivity contribution in [2.45, 2.75) is 51.1 Å². The summed E-state index contributed by atoms with van der Waals surface area (Å²) in [6.45, 7) is 3.52. The third-order valence-electron chi connectivity index (χ3n) is 3.58. The Bertz CT molecular complexity index is 293. The van der Waals surface area contributed by atoms with Gasteiger partial charge in [-0.05, 0) is 25.7 Å². The first-order valence-electron chi connectivity index (χ1n) is 5.70. The van der Waals surface area contributed by atoms with E-state index in [0.717, 1.165) is 19.3 Å². The molecule has 92 valence electrons. The summed E-state index contributed by atoms with van der Waals surface area (Å²) >= 11 is 0. The molecule has 0 radical (unpaired) electrons. The molecule has 0 aromatic carbocycles. The number of nitrogens with one attached hydrogen (secondary N) is 1. The molecular weight excluding hydrogens is 208 g/mol. The van der Waals surface area contributed by atoms with E-state index in [1.165, 1.54) is 0 Å². The van der Waals surface area contributed by atoms with Crippen LogP contribution in [-0.4, -0.2) is 28.6 Å². The van der Waals surface area contributed by atoms with Crippen LogP contribution < -0.4 is 11.1 Å². The number of carboxylic acid groups (broad SMARTS) is 1. The Morgan fingerprint density at radius 1 is 1.50 bits per heavy atom. The van der Waals surface area contributed by atoms with Crippen molar-refractivity contribution in [2.24, 2.45) is 11.7 Å². The fourth-order valence-corrected chi connectivity index (χ4v) is 2.40. The van der Waals surface area contributed by atoms with Crippen molar-refractivity contribution >= 4 is 11.9 Å². The number of carboxylic acids is 1. The highest BCUT2D eigenvalue weighted by molar-refractivity contribution is 5.83. The van der Waals surface area contributed by atoms with Crippen LogP contribution in [0, 0.1) is 5.92 Å². The van der Waals surface area contributed by atoms with Gasteiger partial charge in [0.25, 0.3) is 0 Å². The van der Waals surface area contributed by atoms with E-state index >= 15 is 0 Å². The van der Waals surface area contributed by atoms with Crippen LogP contribution in [0.25, 0.3) is 0 Å². The standard InChI is InChI=1S/C11H20N2O3/c1-7-5-3-4-6-11(7,10(15)16)13-8(2)9(12)14/h7-8,13H,3-6H2,1-2H3,(H2,12,14)(H,15,16). The van der Waals surface area contributed by atoms with E-state index in [9.17, 15) is 14.7 Å². The minimum atomic E-state index is -0.993. The van der Waals surface area contributed by atoms with Gasteiger partial charge in [-0.3, -0.25) is 14.9 Å². The van der Waals surface area contributed by atoms with Crippen LogP contribution in [0.1, 0.15) is 39.5 Å². The van der Waals surface area contributed by atoms with E-state index in [1.807, 2.05) is 6.92 Å². The van der Waals surface area contributed by atoms with E-state index < -0.39 is 23.5 Å². The maximum Gasteiger partial charge on any atom is 0.324 e. The molecule has 1 aliphatic carbocycles. The number of primary amides is 1. The van der Waals surface area contributed by atoms with Gasteiger partial charge in [-0.15, -0.1) is 0 Å². The second-order valence-corrected chi connectivity index (χ2v) is 4.69. The number of hydrogen-bond donors (Lipinski definition) is 3. The minimum Gasteiger partial charge on any atom is -0.480 e. The number of nitrogens with two attached hydrogens (primary N) is 1. The van der Waals surface area contributed by atoms with Crippen molar-refractivity contribution in [3.8, 4) is 0 Å². The lowest BCUT2D eigenvalue weighted by atomic mass is 9.73. The van der Waals surface area contributed by atoms with Gasteiger partial charge in [-0.1, -0.05) is 19.8 Å². The summed E-state index contributed by atoms with van der Waals surface area (Å²) in [6, 6.07) is -0.614. The molecule has 5 heteroatoms. The van der Waals surface area contributed by atoms with Crippen LogP contribution >= 0.6 is 0 Å². The third-order valence-corrected chi connectivity index (χ3v) is 3.58. The third kappa shape index (κ3) is 2.35. The fraction of sp³-hybridized carbons (Fsp3) is 0.818. The summed E-state index contributed by atoms with van der Waals surface area (Å²) in [6.07, 6.45) is 3.34. The predicted octanol–water partition coefficient (Wildman–Crippen LogP) is 0.483. The van der Waals surface area contributed by atoms with Crippen molar-refractivity contribution in [3.63, 3.8) is 0 Å². The largest absolute Gasteiger partial charge is 0.480 e. The van der Waals surface area contributed by atoms with E-state index in [2.05, 4.69) is 5.32 Å². The molecule has 0 aromatic heterocycles. The molecule has 0 saturated heterocycles. The maximum atomic E-state index is 11.4. The number of carbonyl (C=O) groups excluding carboxylic acids is 1. The van der Waals surface area contributed by atoms with E-state index in [4.69, 9.17) is 5.73 Å². The molecule has 0 aromatic rings. The van der Waals surface area contributed by atoms with Crippen molar-refractivity contribution in [3.05, 3.63) is 0 Å². The van der Waals surface area contributed by atoms with E-state index in [1.54, 1.807) is 6.92 Å². The summed E-state index contributed by atoms with van der Waals surface area (Å²) < 4.78 is 0. The molecule has 1 saturated carbocycles. The summed E-state index contributed by atoms with van der Waals surface area (Å²) in [5.41, 5.74) is 4.17. The lowest BCUT2D eigenvalue weighted by molar-refractivity contribution is -0.149. The molecule has 5 nitrogen and oxygen atoms in total. The maximum absolute atomic E-state index is 11.4. The molecule has 1 rings (SSSR count).